The zero-order valence-corrected chi connectivity index (χ0v) is 20.9. The van der Waals surface area contributed by atoms with E-state index in [1.807, 2.05) is 6.07 Å². The Kier molecular flexibility index (Phi) is 7.71. The lowest BCUT2D eigenvalue weighted by molar-refractivity contribution is 0.221. The molecule has 1 fully saturated rings. The highest BCUT2D eigenvalue weighted by Crippen LogP contribution is 2.32. The first-order chi connectivity index (χ1) is 16.2. The molecule has 0 bridgehead atoms. The van der Waals surface area contributed by atoms with Crippen molar-refractivity contribution >= 4 is 44.5 Å². The molecule has 1 unspecified atom stereocenters. The van der Waals surface area contributed by atoms with Gasteiger partial charge in [0.25, 0.3) is 10.0 Å². The molecule has 34 heavy (non-hydrogen) atoms. The lowest BCUT2D eigenvalue weighted by Crippen LogP contribution is -2.29. The summed E-state index contributed by atoms with van der Waals surface area (Å²) in [5.74, 6) is -1.27. The van der Waals surface area contributed by atoms with E-state index in [0.717, 1.165) is 37.3 Å². The van der Waals surface area contributed by atoms with Crippen molar-refractivity contribution in [3.63, 3.8) is 0 Å². The third kappa shape index (κ3) is 5.86. The number of hydrogen-bond donors (Lipinski definition) is 2. The number of piperidine rings is 1. The molecule has 2 aromatic carbocycles. The molecule has 1 atom stereocenters. The summed E-state index contributed by atoms with van der Waals surface area (Å²) >= 11 is 7.49. The molecule has 3 aromatic rings. The van der Waals surface area contributed by atoms with Gasteiger partial charge in [0.1, 0.15) is 16.5 Å². The summed E-state index contributed by atoms with van der Waals surface area (Å²) in [6, 6.07) is 6.53. The summed E-state index contributed by atoms with van der Waals surface area (Å²) < 4.78 is 56.7. The van der Waals surface area contributed by atoms with Gasteiger partial charge in [-0.15, -0.1) is 11.3 Å². The standard InChI is InChI=1S/C23H25ClF2N4O2S2/c1-15(17-9-16(5-6-19(17)25)12-30-7-3-2-4-8-30)28-21-11-20(26)22(10-18(21)24)34(31,32)29-23-13-33-14-27-23/h5-6,9-11,13-15,28-29H,2-4,7-8,12H2,1H3. The molecule has 2 heterocycles. The first kappa shape index (κ1) is 24.8. The maximum atomic E-state index is 14.8. The van der Waals surface area contributed by atoms with E-state index in [2.05, 4.69) is 19.9 Å². The first-order valence-electron chi connectivity index (χ1n) is 10.9. The lowest BCUT2D eigenvalue weighted by atomic mass is 10.0. The molecule has 4 rings (SSSR count). The third-order valence-corrected chi connectivity index (χ3v) is 8.01. The van der Waals surface area contributed by atoms with Gasteiger partial charge in [-0.1, -0.05) is 24.1 Å². The van der Waals surface area contributed by atoms with Gasteiger partial charge in [-0.2, -0.15) is 0 Å². The van der Waals surface area contributed by atoms with Gasteiger partial charge in [0.2, 0.25) is 0 Å². The van der Waals surface area contributed by atoms with E-state index in [1.165, 1.54) is 47.6 Å². The van der Waals surface area contributed by atoms with Crippen molar-refractivity contribution < 1.29 is 17.2 Å². The molecule has 1 aliphatic heterocycles. The molecule has 0 saturated carbocycles. The molecule has 1 aliphatic rings. The zero-order valence-electron chi connectivity index (χ0n) is 18.5. The SMILES string of the molecule is CC(Nc1cc(F)c(S(=O)(=O)Nc2cscn2)cc1Cl)c1cc(CN2CCCCC2)ccc1F. The fourth-order valence-electron chi connectivity index (χ4n) is 4.01. The van der Waals surface area contributed by atoms with E-state index in [0.29, 0.717) is 5.56 Å². The van der Waals surface area contributed by atoms with Gasteiger partial charge in [0.05, 0.1) is 22.3 Å². The minimum Gasteiger partial charge on any atom is -0.377 e. The molecule has 0 spiro atoms. The Morgan fingerprint density at radius 2 is 1.91 bits per heavy atom. The van der Waals surface area contributed by atoms with Crippen LogP contribution in [0.25, 0.3) is 0 Å². The van der Waals surface area contributed by atoms with E-state index >= 15 is 0 Å². The monoisotopic (exact) mass is 526 g/mol. The Morgan fingerprint density at radius 1 is 1.15 bits per heavy atom. The molecular formula is C23H25ClF2N4O2S2. The smallest absolute Gasteiger partial charge is 0.266 e. The zero-order chi connectivity index (χ0) is 24.3. The molecule has 0 amide bonds. The van der Waals surface area contributed by atoms with Crippen LogP contribution in [0.2, 0.25) is 5.02 Å². The van der Waals surface area contributed by atoms with E-state index in [4.69, 9.17) is 11.6 Å². The van der Waals surface area contributed by atoms with Crippen LogP contribution >= 0.6 is 22.9 Å². The van der Waals surface area contributed by atoms with Gasteiger partial charge in [-0.05, 0) is 62.7 Å². The fourth-order valence-corrected chi connectivity index (χ4v) is 5.94. The number of sulfonamides is 1. The van der Waals surface area contributed by atoms with Crippen LogP contribution in [-0.4, -0.2) is 31.4 Å². The van der Waals surface area contributed by atoms with Crippen molar-refractivity contribution in [1.29, 1.82) is 0 Å². The Bertz CT molecular complexity index is 1250. The molecule has 2 N–H and O–H groups in total. The maximum Gasteiger partial charge on any atom is 0.266 e. The van der Waals surface area contributed by atoms with Crippen LogP contribution in [0.1, 0.15) is 43.4 Å². The third-order valence-electron chi connectivity index (χ3n) is 5.74. The normalized spacial score (nSPS) is 15.8. The van der Waals surface area contributed by atoms with Gasteiger partial charge in [0, 0.05) is 17.5 Å². The molecule has 0 radical (unpaired) electrons. The van der Waals surface area contributed by atoms with Crippen LogP contribution in [0.15, 0.2) is 46.1 Å². The Hall–Kier alpha value is -2.27. The summed E-state index contributed by atoms with van der Waals surface area (Å²) in [4.78, 5) is 5.60. The van der Waals surface area contributed by atoms with Crippen LogP contribution < -0.4 is 10.0 Å². The first-order valence-corrected chi connectivity index (χ1v) is 13.7. The number of rotatable bonds is 8. The highest BCUT2D eigenvalue weighted by molar-refractivity contribution is 7.92. The van der Waals surface area contributed by atoms with Crippen LogP contribution in [0, 0.1) is 11.6 Å². The Morgan fingerprint density at radius 3 is 2.62 bits per heavy atom. The fraction of sp³-hybridized carbons (Fsp3) is 0.348. The number of nitrogens with zero attached hydrogens (tertiary/aromatic N) is 2. The number of nitrogens with one attached hydrogen (secondary N) is 2. The second kappa shape index (κ2) is 10.6. The van der Waals surface area contributed by atoms with Crippen molar-refractivity contribution in [2.24, 2.45) is 0 Å². The average Bonchev–Trinajstić information content (AvgIpc) is 3.30. The number of anilines is 2. The summed E-state index contributed by atoms with van der Waals surface area (Å²) in [5, 5.41) is 4.50. The minimum atomic E-state index is -4.22. The lowest BCUT2D eigenvalue weighted by Gasteiger charge is -2.27. The second-order valence-electron chi connectivity index (χ2n) is 8.30. The van der Waals surface area contributed by atoms with Crippen LogP contribution in [0.4, 0.5) is 20.3 Å². The number of thiazole rings is 1. The Balaban J connectivity index is 1.52. The van der Waals surface area contributed by atoms with E-state index in [9.17, 15) is 17.2 Å². The summed E-state index contributed by atoms with van der Waals surface area (Å²) in [6.07, 6.45) is 3.58. The maximum absolute atomic E-state index is 14.8. The van der Waals surface area contributed by atoms with Crippen molar-refractivity contribution in [3.05, 3.63) is 69.0 Å². The topological polar surface area (TPSA) is 74.3 Å². The Labute approximate surface area is 207 Å². The quantitative estimate of drug-likeness (QED) is 0.374. The van der Waals surface area contributed by atoms with Crippen molar-refractivity contribution in [1.82, 2.24) is 9.88 Å². The second-order valence-corrected chi connectivity index (χ2v) is 11.1. The largest absolute Gasteiger partial charge is 0.377 e. The van der Waals surface area contributed by atoms with Crippen LogP contribution in [0.5, 0.6) is 0 Å². The number of aromatic nitrogens is 1. The van der Waals surface area contributed by atoms with Crippen LogP contribution in [0.3, 0.4) is 0 Å². The summed E-state index contributed by atoms with van der Waals surface area (Å²) in [6.45, 7) is 4.55. The minimum absolute atomic E-state index is 0.00298. The highest BCUT2D eigenvalue weighted by atomic mass is 35.5. The van der Waals surface area contributed by atoms with Crippen molar-refractivity contribution in [2.45, 2.75) is 43.7 Å². The molecular weight excluding hydrogens is 502 g/mol. The molecule has 6 nitrogen and oxygen atoms in total. The number of likely N-dealkylation sites (tertiary alicyclic amines) is 1. The predicted octanol–water partition coefficient (Wildman–Crippen LogP) is 6.03. The molecule has 0 aliphatic carbocycles. The van der Waals surface area contributed by atoms with Crippen LogP contribution in [-0.2, 0) is 16.6 Å². The van der Waals surface area contributed by atoms with E-state index in [1.54, 1.807) is 13.0 Å². The van der Waals surface area contributed by atoms with Gasteiger partial charge < -0.3 is 5.32 Å². The van der Waals surface area contributed by atoms with Gasteiger partial charge in [-0.25, -0.2) is 22.2 Å². The highest BCUT2D eigenvalue weighted by Gasteiger charge is 2.23. The van der Waals surface area contributed by atoms with E-state index in [-0.39, 0.29) is 22.3 Å². The number of hydrogen-bond acceptors (Lipinski definition) is 6. The van der Waals surface area contributed by atoms with Crippen molar-refractivity contribution in [2.75, 3.05) is 23.1 Å². The predicted molar refractivity (Wildman–Crippen MR) is 132 cm³/mol. The van der Waals surface area contributed by atoms with Crippen molar-refractivity contribution in [3.8, 4) is 0 Å². The summed E-state index contributed by atoms with van der Waals surface area (Å²) in [5.41, 5.74) is 3.04. The van der Waals surface area contributed by atoms with Gasteiger partial charge in [0.15, 0.2) is 5.82 Å². The average molecular weight is 527 g/mol. The van der Waals surface area contributed by atoms with Gasteiger partial charge in [-0.3, -0.25) is 9.62 Å². The van der Waals surface area contributed by atoms with Gasteiger partial charge >= 0.3 is 0 Å². The summed E-state index contributed by atoms with van der Waals surface area (Å²) in [7, 11) is -4.22. The molecule has 182 valence electrons. The molecule has 1 aromatic heterocycles. The molecule has 1 saturated heterocycles. The number of halogens is 3. The number of benzene rings is 2. The molecule has 11 heteroatoms. The van der Waals surface area contributed by atoms with E-state index < -0.39 is 26.8 Å².